The van der Waals surface area contributed by atoms with Gasteiger partial charge in [-0.15, -0.1) is 0 Å². The fourth-order valence-corrected chi connectivity index (χ4v) is 1.99. The van der Waals surface area contributed by atoms with Crippen molar-refractivity contribution in [3.8, 4) is 0 Å². The van der Waals surface area contributed by atoms with Crippen LogP contribution in [0.1, 0.15) is 20.3 Å². The minimum Gasteiger partial charge on any atom is -0.481 e. The Morgan fingerprint density at radius 1 is 1.29 bits per heavy atom. The minimum atomic E-state index is -4.73. The number of carboxylic acid groups (broad SMARTS) is 1. The van der Waals surface area contributed by atoms with E-state index in [-0.39, 0.29) is 26.2 Å². The number of alkyl halides is 3. The Bertz CT molecular complexity index is 386. The van der Waals surface area contributed by atoms with Gasteiger partial charge in [0, 0.05) is 12.6 Å². The van der Waals surface area contributed by atoms with Crippen molar-refractivity contribution in [2.45, 2.75) is 44.7 Å². The lowest BCUT2D eigenvalue weighted by molar-refractivity contribution is -0.275. The third kappa shape index (κ3) is 4.85. The molecule has 0 aromatic rings. The number of carbonyl (C=O) groups excluding carboxylic acids is 1. The van der Waals surface area contributed by atoms with E-state index in [9.17, 15) is 22.8 Å². The highest BCUT2D eigenvalue weighted by Crippen LogP contribution is 2.30. The van der Waals surface area contributed by atoms with Gasteiger partial charge in [-0.25, -0.2) is 0 Å². The van der Waals surface area contributed by atoms with Crippen LogP contribution < -0.4 is 0 Å². The zero-order valence-electron chi connectivity index (χ0n) is 11.7. The molecular formula is C12H18F3NO5. The number of hydrogen-bond donors (Lipinski definition) is 1. The van der Waals surface area contributed by atoms with Crippen LogP contribution >= 0.6 is 0 Å². The number of rotatable bonds is 5. The van der Waals surface area contributed by atoms with Gasteiger partial charge in [0.2, 0.25) is 0 Å². The van der Waals surface area contributed by atoms with Crippen LogP contribution in [0.3, 0.4) is 0 Å². The van der Waals surface area contributed by atoms with Crippen molar-refractivity contribution in [3.63, 3.8) is 0 Å². The third-order valence-electron chi connectivity index (χ3n) is 2.99. The van der Waals surface area contributed by atoms with Crippen molar-refractivity contribution >= 4 is 11.9 Å². The highest BCUT2D eigenvalue weighted by Gasteiger charge is 2.52. The Labute approximate surface area is 119 Å². The Hall–Kier alpha value is -1.35. The van der Waals surface area contributed by atoms with Crippen molar-refractivity contribution in [2.24, 2.45) is 0 Å². The highest BCUT2D eigenvalue weighted by atomic mass is 19.4. The summed E-state index contributed by atoms with van der Waals surface area (Å²) in [5.41, 5.74) is 0. The molecule has 1 aliphatic heterocycles. The molecule has 0 saturated carbocycles. The first-order valence-electron chi connectivity index (χ1n) is 6.46. The molecule has 0 bridgehead atoms. The predicted molar refractivity (Wildman–Crippen MR) is 64.6 cm³/mol. The fourth-order valence-electron chi connectivity index (χ4n) is 1.99. The summed E-state index contributed by atoms with van der Waals surface area (Å²) >= 11 is 0. The molecule has 0 aromatic heterocycles. The van der Waals surface area contributed by atoms with Gasteiger partial charge >= 0.3 is 12.1 Å². The van der Waals surface area contributed by atoms with Crippen molar-refractivity contribution in [2.75, 3.05) is 19.8 Å². The number of amides is 1. The molecule has 1 saturated heterocycles. The summed E-state index contributed by atoms with van der Waals surface area (Å²) in [5, 5.41) is 8.64. The summed E-state index contributed by atoms with van der Waals surface area (Å²) in [6.07, 6.45) is -9.20. The van der Waals surface area contributed by atoms with E-state index in [0.717, 1.165) is 4.90 Å². The minimum absolute atomic E-state index is 0.117. The zero-order valence-corrected chi connectivity index (χ0v) is 11.7. The zero-order chi connectivity index (χ0) is 16.2. The summed E-state index contributed by atoms with van der Waals surface area (Å²) in [6.45, 7) is 2.63. The largest absolute Gasteiger partial charge is 0.481 e. The van der Waals surface area contributed by atoms with Crippen LogP contribution in [-0.2, 0) is 19.1 Å². The average Bonchev–Trinajstić information content (AvgIpc) is 2.37. The Balaban J connectivity index is 2.86. The predicted octanol–water partition coefficient (Wildman–Crippen LogP) is 1.04. The number of hydrogen-bond acceptors (Lipinski definition) is 4. The molecule has 0 unspecified atom stereocenters. The van der Waals surface area contributed by atoms with E-state index < -0.39 is 36.3 Å². The Morgan fingerprint density at radius 3 is 2.33 bits per heavy atom. The summed E-state index contributed by atoms with van der Waals surface area (Å²) in [4.78, 5) is 23.9. The maximum absolute atomic E-state index is 12.9. The third-order valence-corrected chi connectivity index (χ3v) is 2.99. The molecule has 9 heteroatoms. The first kappa shape index (κ1) is 17.7. The molecule has 0 aromatic carbocycles. The van der Waals surface area contributed by atoms with E-state index in [0.29, 0.717) is 0 Å². The lowest BCUT2D eigenvalue weighted by Gasteiger charge is -2.36. The van der Waals surface area contributed by atoms with Gasteiger partial charge in [0.1, 0.15) is 0 Å². The van der Waals surface area contributed by atoms with Crippen molar-refractivity contribution < 1.29 is 37.3 Å². The molecule has 6 nitrogen and oxygen atoms in total. The smallest absolute Gasteiger partial charge is 0.417 e. The molecule has 1 N–H and O–H groups in total. The summed E-state index contributed by atoms with van der Waals surface area (Å²) in [7, 11) is 0. The van der Waals surface area contributed by atoms with Crippen LogP contribution in [0.4, 0.5) is 13.2 Å². The van der Waals surface area contributed by atoms with Gasteiger partial charge in [0.15, 0.2) is 12.2 Å². The van der Waals surface area contributed by atoms with E-state index in [4.69, 9.17) is 9.84 Å². The number of carboxylic acids is 1. The van der Waals surface area contributed by atoms with Gasteiger partial charge in [-0.05, 0) is 13.8 Å². The number of aliphatic carboxylic acids is 1. The van der Waals surface area contributed by atoms with Crippen LogP contribution in [0.5, 0.6) is 0 Å². The number of ether oxygens (including phenoxy) is 2. The molecule has 0 radical (unpaired) electrons. The molecule has 1 heterocycles. The molecule has 1 aliphatic rings. The Kier molecular flexibility index (Phi) is 5.97. The van der Waals surface area contributed by atoms with Crippen molar-refractivity contribution in [1.29, 1.82) is 0 Å². The molecule has 2 atom stereocenters. The summed E-state index contributed by atoms with van der Waals surface area (Å²) in [6, 6.07) is -0.448. The quantitative estimate of drug-likeness (QED) is 0.821. The lowest BCUT2D eigenvalue weighted by atomic mass is 10.1. The maximum atomic E-state index is 12.9. The van der Waals surface area contributed by atoms with Gasteiger partial charge < -0.3 is 19.5 Å². The molecule has 21 heavy (non-hydrogen) atoms. The van der Waals surface area contributed by atoms with Crippen LogP contribution in [0, 0.1) is 0 Å². The maximum Gasteiger partial charge on any atom is 0.417 e. The fraction of sp³-hybridized carbons (Fsp3) is 0.833. The van der Waals surface area contributed by atoms with Crippen LogP contribution in [0.15, 0.2) is 0 Å². The van der Waals surface area contributed by atoms with Gasteiger partial charge in [-0.2, -0.15) is 13.2 Å². The van der Waals surface area contributed by atoms with Gasteiger partial charge in [-0.1, -0.05) is 0 Å². The molecular weight excluding hydrogens is 295 g/mol. The molecule has 1 fully saturated rings. The summed E-state index contributed by atoms with van der Waals surface area (Å²) < 4.78 is 48.1. The molecule has 0 aliphatic carbocycles. The first-order chi connectivity index (χ1) is 9.64. The number of carbonyl (C=O) groups is 2. The van der Waals surface area contributed by atoms with Crippen LogP contribution in [0.25, 0.3) is 0 Å². The van der Waals surface area contributed by atoms with Crippen LogP contribution in [-0.4, -0.2) is 66.1 Å². The number of halogens is 3. The Morgan fingerprint density at radius 2 is 1.86 bits per heavy atom. The van der Waals surface area contributed by atoms with Gasteiger partial charge in [0.25, 0.3) is 5.91 Å². The van der Waals surface area contributed by atoms with Gasteiger partial charge in [0.05, 0.1) is 19.6 Å². The second kappa shape index (κ2) is 7.08. The standard InChI is InChI=1S/C12H18F3NO5/c1-7(2)16(4-3-8(17)18)11(19)9-10(12(13,14)15)21-6-5-20-9/h7,9-10H,3-6H2,1-2H3,(H,17,18)/t9-,10+/m1/s1. The SMILES string of the molecule is CC(C)N(CCC(=O)O)C(=O)[C@@H]1OCCO[C@@H]1C(F)(F)F. The van der Waals surface area contributed by atoms with E-state index >= 15 is 0 Å². The lowest BCUT2D eigenvalue weighted by Crippen LogP contribution is -2.57. The monoisotopic (exact) mass is 313 g/mol. The summed E-state index contributed by atoms with van der Waals surface area (Å²) in [5.74, 6) is -2.05. The van der Waals surface area contributed by atoms with E-state index in [1.807, 2.05) is 0 Å². The van der Waals surface area contributed by atoms with Gasteiger partial charge in [-0.3, -0.25) is 9.59 Å². The van der Waals surface area contributed by atoms with Crippen LogP contribution in [0.2, 0.25) is 0 Å². The normalized spacial score (nSPS) is 23.1. The molecule has 122 valence electrons. The molecule has 1 amide bonds. The first-order valence-corrected chi connectivity index (χ1v) is 6.46. The second-order valence-corrected chi connectivity index (χ2v) is 4.89. The van der Waals surface area contributed by atoms with Crippen molar-refractivity contribution in [1.82, 2.24) is 4.90 Å². The highest BCUT2D eigenvalue weighted by molar-refractivity contribution is 5.82. The average molecular weight is 313 g/mol. The molecule has 0 spiro atoms. The van der Waals surface area contributed by atoms with Crippen molar-refractivity contribution in [3.05, 3.63) is 0 Å². The number of nitrogens with zero attached hydrogens (tertiary/aromatic N) is 1. The van der Waals surface area contributed by atoms with E-state index in [1.54, 1.807) is 13.8 Å². The van der Waals surface area contributed by atoms with E-state index in [2.05, 4.69) is 4.74 Å². The molecule has 1 rings (SSSR count). The second-order valence-electron chi connectivity index (χ2n) is 4.89. The topological polar surface area (TPSA) is 76.1 Å². The van der Waals surface area contributed by atoms with E-state index in [1.165, 1.54) is 0 Å².